The van der Waals surface area contributed by atoms with Crippen LogP contribution in [-0.4, -0.2) is 33.9 Å². The zero-order valence-electron chi connectivity index (χ0n) is 17.2. The fourth-order valence-electron chi connectivity index (χ4n) is 3.61. The molecule has 1 fully saturated rings. The minimum atomic E-state index is -0.755. The summed E-state index contributed by atoms with van der Waals surface area (Å²) >= 11 is 1.53. The zero-order chi connectivity index (χ0) is 22.2. The fraction of sp³-hybridized carbons (Fsp3) is 0.273. The van der Waals surface area contributed by atoms with E-state index in [4.69, 9.17) is 9.15 Å². The Kier molecular flexibility index (Phi) is 5.14. The molecule has 0 aliphatic heterocycles. The number of hydrogen-bond acceptors (Lipinski definition) is 7. The molecule has 1 amide bonds. The van der Waals surface area contributed by atoms with Crippen LogP contribution >= 0.6 is 11.3 Å². The first-order valence-electron chi connectivity index (χ1n) is 10.2. The summed E-state index contributed by atoms with van der Waals surface area (Å²) in [5.74, 6) is 0.498. The number of rotatable bonds is 7. The highest BCUT2D eigenvalue weighted by Gasteiger charge is 2.30. The van der Waals surface area contributed by atoms with Gasteiger partial charge in [0, 0.05) is 18.0 Å². The Morgan fingerprint density at radius 1 is 1.28 bits per heavy atom. The maximum Gasteiger partial charge on any atom is 0.349 e. The molecule has 164 valence electrons. The van der Waals surface area contributed by atoms with Gasteiger partial charge in [0.25, 0.3) is 5.91 Å². The minimum Gasteiger partial charge on any atom is -0.493 e. The summed E-state index contributed by atoms with van der Waals surface area (Å²) in [5, 5.41) is 9.70. The van der Waals surface area contributed by atoms with Crippen LogP contribution in [0.1, 0.15) is 29.2 Å². The lowest BCUT2D eigenvalue weighted by Crippen LogP contribution is -2.34. The number of aromatic nitrogens is 3. The van der Waals surface area contributed by atoms with E-state index >= 15 is 0 Å². The first-order chi connectivity index (χ1) is 15.6. The smallest absolute Gasteiger partial charge is 0.349 e. The Morgan fingerprint density at radius 2 is 2.12 bits per heavy atom. The summed E-state index contributed by atoms with van der Waals surface area (Å²) < 4.78 is 13.6. The second-order valence-corrected chi connectivity index (χ2v) is 8.44. The number of fused-ring (bicyclic) bond motifs is 1. The average molecular weight is 452 g/mol. The van der Waals surface area contributed by atoms with Crippen molar-refractivity contribution in [2.45, 2.75) is 25.4 Å². The number of nitrogens with one attached hydrogen (secondary N) is 1. The summed E-state index contributed by atoms with van der Waals surface area (Å²) in [6, 6.07) is 10.7. The maximum absolute atomic E-state index is 12.9. The second-order valence-electron chi connectivity index (χ2n) is 7.49. The molecular weight excluding hydrogens is 432 g/mol. The molecule has 10 heteroatoms. The highest BCUT2D eigenvalue weighted by atomic mass is 32.1. The summed E-state index contributed by atoms with van der Waals surface area (Å²) in [6.45, 7) is 0.329. The van der Waals surface area contributed by atoms with E-state index in [1.54, 1.807) is 22.8 Å². The molecule has 0 saturated heterocycles. The highest BCUT2D eigenvalue weighted by molar-refractivity contribution is 7.13. The van der Waals surface area contributed by atoms with Crippen LogP contribution in [0.25, 0.3) is 21.7 Å². The van der Waals surface area contributed by atoms with Crippen molar-refractivity contribution in [2.24, 2.45) is 0 Å². The predicted octanol–water partition coefficient (Wildman–Crippen LogP) is 2.65. The number of thiophene rings is 1. The van der Waals surface area contributed by atoms with Crippen LogP contribution in [0.3, 0.4) is 0 Å². The van der Waals surface area contributed by atoms with E-state index in [1.807, 2.05) is 17.5 Å². The van der Waals surface area contributed by atoms with E-state index in [2.05, 4.69) is 10.4 Å². The molecule has 0 atom stereocenters. The Labute approximate surface area is 185 Å². The maximum atomic E-state index is 12.9. The third kappa shape index (κ3) is 3.62. The molecule has 1 aromatic carbocycles. The second kappa shape index (κ2) is 8.12. The number of amides is 1. The topological polar surface area (TPSA) is 108 Å². The normalized spacial score (nSPS) is 13.4. The molecule has 1 aliphatic carbocycles. The largest absolute Gasteiger partial charge is 0.493 e. The molecule has 4 aromatic rings. The average Bonchev–Trinajstić information content (AvgIpc) is 3.36. The van der Waals surface area contributed by atoms with Gasteiger partial charge in [-0.15, -0.1) is 16.4 Å². The number of para-hydroxylation sites is 1. The molecule has 3 aromatic heterocycles. The Balaban J connectivity index is 1.34. The molecule has 32 heavy (non-hydrogen) atoms. The Hall–Kier alpha value is -3.66. The van der Waals surface area contributed by atoms with Gasteiger partial charge < -0.3 is 14.5 Å². The summed E-state index contributed by atoms with van der Waals surface area (Å²) in [4.78, 5) is 38.7. The number of nitrogens with zero attached hydrogens (tertiary/aromatic N) is 3. The molecule has 0 bridgehead atoms. The highest BCUT2D eigenvalue weighted by Crippen LogP contribution is 2.37. The summed E-state index contributed by atoms with van der Waals surface area (Å²) in [6.07, 6.45) is 1.92. The van der Waals surface area contributed by atoms with E-state index in [9.17, 15) is 14.4 Å². The van der Waals surface area contributed by atoms with Gasteiger partial charge in [0.1, 0.15) is 5.56 Å². The van der Waals surface area contributed by atoms with Crippen LogP contribution in [0.15, 0.2) is 55.8 Å². The van der Waals surface area contributed by atoms with Crippen molar-refractivity contribution in [3.63, 3.8) is 0 Å². The van der Waals surface area contributed by atoms with Gasteiger partial charge >= 0.3 is 11.3 Å². The molecule has 0 unspecified atom stereocenters. The molecule has 1 N–H and O–H groups in total. The van der Waals surface area contributed by atoms with Crippen molar-refractivity contribution in [1.29, 1.82) is 0 Å². The van der Waals surface area contributed by atoms with Crippen LogP contribution in [0.5, 0.6) is 5.75 Å². The lowest BCUT2D eigenvalue weighted by atomic mass is 10.1. The van der Waals surface area contributed by atoms with Crippen molar-refractivity contribution >= 4 is 28.2 Å². The number of methoxy groups -OCH3 is 1. The summed E-state index contributed by atoms with van der Waals surface area (Å²) in [5.41, 5.74) is -0.771. The molecule has 5 rings (SSSR count). The van der Waals surface area contributed by atoms with E-state index in [-0.39, 0.29) is 36.0 Å². The third-order valence-corrected chi connectivity index (χ3v) is 6.19. The van der Waals surface area contributed by atoms with Crippen LogP contribution in [0, 0.1) is 0 Å². The molecule has 0 spiro atoms. The van der Waals surface area contributed by atoms with Crippen LogP contribution < -0.4 is 21.4 Å². The Morgan fingerprint density at radius 3 is 2.84 bits per heavy atom. The van der Waals surface area contributed by atoms with Gasteiger partial charge in [-0.05, 0) is 36.4 Å². The third-order valence-electron chi connectivity index (χ3n) is 5.32. The number of carbonyl (C=O) groups is 1. The minimum absolute atomic E-state index is 0.110. The zero-order valence-corrected chi connectivity index (χ0v) is 18.1. The standard InChI is InChI=1S/C22H20N4O5S/c1-30-16-5-2-4-13-12-15(21(28)31-18(13)16)20(27)23-9-10-25-22(29)26(14-7-8-14)19(24-25)17-6-3-11-32-17/h2-6,11-12,14H,7-10H2,1H3,(H,23,27). The van der Waals surface area contributed by atoms with Crippen molar-refractivity contribution < 1.29 is 13.9 Å². The summed E-state index contributed by atoms with van der Waals surface area (Å²) in [7, 11) is 1.48. The first kappa shape index (κ1) is 20.3. The molecule has 1 aliphatic rings. The molecular formula is C22H20N4O5S. The van der Waals surface area contributed by atoms with E-state index in [0.717, 1.165) is 17.7 Å². The van der Waals surface area contributed by atoms with Crippen molar-refractivity contribution in [3.8, 4) is 16.5 Å². The van der Waals surface area contributed by atoms with Crippen LogP contribution in [0.2, 0.25) is 0 Å². The van der Waals surface area contributed by atoms with Crippen molar-refractivity contribution in [1.82, 2.24) is 19.7 Å². The molecule has 9 nitrogen and oxygen atoms in total. The fourth-order valence-corrected chi connectivity index (χ4v) is 4.31. The van der Waals surface area contributed by atoms with Gasteiger partial charge in [-0.2, -0.15) is 0 Å². The van der Waals surface area contributed by atoms with Gasteiger partial charge in [-0.25, -0.2) is 14.3 Å². The number of ether oxygens (including phenoxy) is 1. The van der Waals surface area contributed by atoms with Gasteiger partial charge in [0.2, 0.25) is 0 Å². The van der Waals surface area contributed by atoms with Crippen LogP contribution in [0.4, 0.5) is 0 Å². The molecule has 1 saturated carbocycles. The van der Waals surface area contributed by atoms with Crippen molar-refractivity contribution in [3.05, 3.63) is 68.2 Å². The quantitative estimate of drug-likeness (QED) is 0.432. The number of benzene rings is 1. The van der Waals surface area contributed by atoms with E-state index < -0.39 is 11.5 Å². The van der Waals surface area contributed by atoms with Crippen molar-refractivity contribution in [2.75, 3.05) is 13.7 Å². The van der Waals surface area contributed by atoms with Gasteiger partial charge in [0.05, 0.1) is 18.5 Å². The van der Waals surface area contributed by atoms with Gasteiger partial charge in [-0.3, -0.25) is 9.36 Å². The predicted molar refractivity (Wildman–Crippen MR) is 119 cm³/mol. The molecule has 0 radical (unpaired) electrons. The van der Waals surface area contributed by atoms with E-state index in [1.165, 1.54) is 29.2 Å². The van der Waals surface area contributed by atoms with Gasteiger partial charge in [0.15, 0.2) is 17.2 Å². The lowest BCUT2D eigenvalue weighted by molar-refractivity contribution is 0.0948. The molecule has 3 heterocycles. The number of carbonyl (C=O) groups excluding carboxylic acids is 1. The van der Waals surface area contributed by atoms with Gasteiger partial charge in [-0.1, -0.05) is 18.2 Å². The van der Waals surface area contributed by atoms with E-state index in [0.29, 0.717) is 17.0 Å². The number of hydrogen-bond donors (Lipinski definition) is 1. The van der Waals surface area contributed by atoms with Crippen LogP contribution in [-0.2, 0) is 6.54 Å². The lowest BCUT2D eigenvalue weighted by Gasteiger charge is -2.07. The monoisotopic (exact) mass is 452 g/mol. The first-order valence-corrected chi connectivity index (χ1v) is 11.1. The Bertz CT molecular complexity index is 1410. The SMILES string of the molecule is COc1cccc2cc(C(=O)NCCn3nc(-c4cccs4)n(C4CC4)c3=O)c(=O)oc12.